The molecule has 0 aliphatic carbocycles. The summed E-state index contributed by atoms with van der Waals surface area (Å²) in [6.07, 6.45) is 5.09. The molecule has 3 aromatic carbocycles. The molecule has 1 N–H and O–H groups in total. The van der Waals surface area contributed by atoms with Gasteiger partial charge in [-0.1, -0.05) is 74.4 Å². The van der Waals surface area contributed by atoms with E-state index in [4.69, 9.17) is 14.2 Å². The summed E-state index contributed by atoms with van der Waals surface area (Å²) >= 11 is 0. The van der Waals surface area contributed by atoms with Gasteiger partial charge in [-0.3, -0.25) is 9.59 Å². The third-order valence-electron chi connectivity index (χ3n) is 11.4. The fraction of sp³-hybridized carbons (Fsp3) is 0.500. The maximum Gasteiger partial charge on any atom is 0.226 e. The summed E-state index contributed by atoms with van der Waals surface area (Å²) in [6, 6.07) is 22.3. The van der Waals surface area contributed by atoms with Crippen LogP contribution in [0.4, 0.5) is 5.69 Å². The first-order valence-electron chi connectivity index (χ1n) is 17.9. The predicted octanol–water partition coefficient (Wildman–Crippen LogP) is 6.40. The minimum Gasteiger partial charge on any atom is -0.497 e. The molecule has 1 unspecified atom stereocenters. The van der Waals surface area contributed by atoms with Crippen molar-refractivity contribution in [1.29, 1.82) is 0 Å². The Hall–Kier alpha value is -3.66. The van der Waals surface area contributed by atoms with Gasteiger partial charge in [0.05, 0.1) is 33.9 Å². The third-order valence-corrected chi connectivity index (χ3v) is 15.6. The van der Waals surface area contributed by atoms with Gasteiger partial charge in [0.2, 0.25) is 11.8 Å². The molecule has 3 heterocycles. The van der Waals surface area contributed by atoms with Crippen molar-refractivity contribution in [3.63, 3.8) is 0 Å². The zero-order valence-corrected chi connectivity index (χ0v) is 30.7. The Morgan fingerprint density at radius 2 is 1.73 bits per heavy atom. The van der Waals surface area contributed by atoms with Crippen LogP contribution in [0.5, 0.6) is 11.5 Å². The van der Waals surface area contributed by atoms with Gasteiger partial charge in [-0.05, 0) is 60.7 Å². The van der Waals surface area contributed by atoms with Crippen LogP contribution in [-0.2, 0) is 27.3 Å². The van der Waals surface area contributed by atoms with Crippen LogP contribution < -0.4 is 19.6 Å². The summed E-state index contributed by atoms with van der Waals surface area (Å²) in [5.41, 5.74) is 4.05. The standard InChI is InChI=1S/C40H52N2O6Si/c1-27-39(47-3)34-23-30(41-21-11-7-6-8-14-37(41)44)15-20-35(34)48-40(27)36(49(4,5)33-18-16-32(46-2)17-19-33)24-38(45)42-25-29-13-10-9-12-28(29)22-31(42)26-43/h9-10,12-13,15-20,23,27,31,36,39-40,43H,6-8,11,14,21-22,24-26H2,1-5H3/t27-,31+,36?,39-,40-/m1/s1. The van der Waals surface area contributed by atoms with Gasteiger partial charge in [-0.15, -0.1) is 0 Å². The van der Waals surface area contributed by atoms with E-state index in [2.05, 4.69) is 50.3 Å². The van der Waals surface area contributed by atoms with Crippen LogP contribution in [-0.4, -0.2) is 69.4 Å². The summed E-state index contributed by atoms with van der Waals surface area (Å²) in [5.74, 6) is 1.67. The molecule has 0 radical (unpaired) electrons. The lowest BCUT2D eigenvalue weighted by atomic mass is 9.86. The Kier molecular flexibility index (Phi) is 10.8. The van der Waals surface area contributed by atoms with Crippen molar-refractivity contribution in [2.24, 2.45) is 5.92 Å². The fourth-order valence-electron chi connectivity index (χ4n) is 8.33. The van der Waals surface area contributed by atoms with Gasteiger partial charge in [0, 0.05) is 55.8 Å². The van der Waals surface area contributed by atoms with Crippen molar-refractivity contribution < 1.29 is 28.9 Å². The molecule has 2 amide bonds. The number of hydrogen-bond donors (Lipinski definition) is 1. The number of hydrogen-bond acceptors (Lipinski definition) is 6. The van der Waals surface area contributed by atoms with Gasteiger partial charge < -0.3 is 29.1 Å². The van der Waals surface area contributed by atoms with Crippen LogP contribution in [0.2, 0.25) is 18.6 Å². The lowest BCUT2D eigenvalue weighted by molar-refractivity contribution is -0.136. The topological polar surface area (TPSA) is 88.5 Å². The molecule has 3 aliphatic rings. The number of nitrogens with zero attached hydrogens (tertiary/aromatic N) is 2. The first-order valence-corrected chi connectivity index (χ1v) is 21.0. The van der Waals surface area contributed by atoms with Gasteiger partial charge in [-0.25, -0.2) is 0 Å². The van der Waals surface area contributed by atoms with Crippen LogP contribution >= 0.6 is 0 Å². The summed E-state index contributed by atoms with van der Waals surface area (Å²) in [7, 11) is 0.986. The maximum atomic E-state index is 14.5. The Balaban J connectivity index is 1.35. The van der Waals surface area contributed by atoms with Crippen LogP contribution in [0.3, 0.4) is 0 Å². The fourth-order valence-corrected chi connectivity index (χ4v) is 11.7. The van der Waals surface area contributed by atoms with Gasteiger partial charge in [0.25, 0.3) is 0 Å². The number of ether oxygens (including phenoxy) is 3. The van der Waals surface area contributed by atoms with Gasteiger partial charge in [-0.2, -0.15) is 0 Å². The molecule has 3 aliphatic heterocycles. The number of carbonyl (C=O) groups excluding carboxylic acids is 2. The zero-order valence-electron chi connectivity index (χ0n) is 29.7. The molecular weight excluding hydrogens is 633 g/mol. The molecule has 49 heavy (non-hydrogen) atoms. The van der Waals surface area contributed by atoms with Crippen molar-refractivity contribution in [3.8, 4) is 11.5 Å². The minimum atomic E-state index is -2.42. The molecule has 0 bridgehead atoms. The number of amides is 2. The molecule has 6 rings (SSSR count). The van der Waals surface area contributed by atoms with Crippen LogP contribution in [0.25, 0.3) is 0 Å². The van der Waals surface area contributed by atoms with E-state index in [1.807, 2.05) is 46.2 Å². The third kappa shape index (κ3) is 7.16. The Morgan fingerprint density at radius 3 is 2.45 bits per heavy atom. The minimum absolute atomic E-state index is 0.0362. The van der Waals surface area contributed by atoms with E-state index in [9.17, 15) is 14.7 Å². The number of aliphatic hydroxyl groups is 1. The number of aliphatic hydroxyl groups excluding tert-OH is 1. The second kappa shape index (κ2) is 15.1. The van der Waals surface area contributed by atoms with Gasteiger partial charge in [0.1, 0.15) is 17.6 Å². The molecule has 1 fully saturated rings. The van der Waals surface area contributed by atoms with E-state index < -0.39 is 8.07 Å². The molecule has 0 spiro atoms. The lowest BCUT2D eigenvalue weighted by Gasteiger charge is -2.46. The molecule has 8 nitrogen and oxygen atoms in total. The second-order valence-corrected chi connectivity index (χ2v) is 19.4. The predicted molar refractivity (Wildman–Crippen MR) is 195 cm³/mol. The average molecular weight is 685 g/mol. The van der Waals surface area contributed by atoms with Crippen molar-refractivity contribution >= 4 is 30.8 Å². The second-order valence-electron chi connectivity index (χ2n) is 14.6. The monoisotopic (exact) mass is 684 g/mol. The number of anilines is 1. The quantitative estimate of drug-likeness (QED) is 0.263. The van der Waals surface area contributed by atoms with Crippen LogP contribution in [0.1, 0.15) is 68.2 Å². The average Bonchev–Trinajstić information content (AvgIpc) is 3.11. The number of carbonyl (C=O) groups is 2. The first-order chi connectivity index (χ1) is 23.7. The molecule has 5 atom stereocenters. The van der Waals surface area contributed by atoms with Crippen molar-refractivity contribution in [2.45, 2.75) is 95.3 Å². The SMILES string of the molecule is COc1ccc([Si](C)(C)C(CC(=O)N2Cc3ccccc3C[C@H]2CO)[C@@H]2Oc3ccc(N4CCCCCCC4=O)cc3[C@H](OC)[C@H]2C)cc1. The summed E-state index contributed by atoms with van der Waals surface area (Å²) in [5, 5.41) is 11.6. The summed E-state index contributed by atoms with van der Waals surface area (Å²) < 4.78 is 18.7. The van der Waals surface area contributed by atoms with E-state index >= 15 is 0 Å². The number of rotatable bonds is 9. The van der Waals surface area contributed by atoms with E-state index in [0.717, 1.165) is 60.5 Å². The summed E-state index contributed by atoms with van der Waals surface area (Å²) in [4.78, 5) is 31.5. The lowest BCUT2D eigenvalue weighted by Crippen LogP contribution is -2.56. The Labute approximate surface area is 292 Å². The van der Waals surface area contributed by atoms with Crippen LogP contribution in [0, 0.1) is 5.92 Å². The Morgan fingerprint density at radius 1 is 1.00 bits per heavy atom. The number of methoxy groups -OCH3 is 2. The van der Waals surface area contributed by atoms with E-state index in [0.29, 0.717) is 25.8 Å². The molecule has 9 heteroatoms. The highest BCUT2D eigenvalue weighted by atomic mass is 28.3. The smallest absolute Gasteiger partial charge is 0.226 e. The van der Waals surface area contributed by atoms with Gasteiger partial charge >= 0.3 is 0 Å². The number of benzene rings is 3. The highest BCUT2D eigenvalue weighted by Crippen LogP contribution is 2.48. The van der Waals surface area contributed by atoms with Crippen molar-refractivity contribution in [1.82, 2.24) is 4.90 Å². The van der Waals surface area contributed by atoms with E-state index in [1.54, 1.807) is 14.2 Å². The van der Waals surface area contributed by atoms with Gasteiger partial charge in [0.15, 0.2) is 0 Å². The number of fused-ring (bicyclic) bond motifs is 2. The van der Waals surface area contributed by atoms with E-state index in [1.165, 1.54) is 10.8 Å². The molecule has 0 aromatic heterocycles. The summed E-state index contributed by atoms with van der Waals surface area (Å²) in [6.45, 7) is 7.94. The van der Waals surface area contributed by atoms with Crippen molar-refractivity contribution in [3.05, 3.63) is 83.4 Å². The molecule has 0 saturated carbocycles. The van der Waals surface area contributed by atoms with E-state index in [-0.39, 0.29) is 48.1 Å². The molecule has 3 aromatic rings. The largest absolute Gasteiger partial charge is 0.497 e. The Bertz CT molecular complexity index is 1630. The molecule has 262 valence electrons. The van der Waals surface area contributed by atoms with Crippen molar-refractivity contribution in [2.75, 3.05) is 32.3 Å². The highest BCUT2D eigenvalue weighted by Gasteiger charge is 2.49. The molecule has 1 saturated heterocycles. The van der Waals surface area contributed by atoms with Crippen LogP contribution in [0.15, 0.2) is 66.7 Å². The molecular formula is C40H52N2O6Si. The normalized spacial score (nSPS) is 23.4. The zero-order chi connectivity index (χ0) is 34.7. The first kappa shape index (κ1) is 35.2. The maximum absolute atomic E-state index is 14.5. The highest BCUT2D eigenvalue weighted by molar-refractivity contribution is 6.91.